The molecule has 0 saturated carbocycles. The molecule has 0 saturated heterocycles. The van der Waals surface area contributed by atoms with Crippen LogP contribution in [0.2, 0.25) is 0 Å². The molecular formula is C62H39N3. The van der Waals surface area contributed by atoms with Gasteiger partial charge in [0.1, 0.15) is 0 Å². The topological polar surface area (TPSA) is 30.7 Å². The van der Waals surface area contributed by atoms with Crippen LogP contribution in [0.4, 0.5) is 0 Å². The van der Waals surface area contributed by atoms with E-state index in [4.69, 9.17) is 9.97 Å². The van der Waals surface area contributed by atoms with Gasteiger partial charge in [0.15, 0.2) is 5.82 Å². The molecule has 0 amide bonds. The number of hydrogen-bond acceptors (Lipinski definition) is 2. The van der Waals surface area contributed by atoms with E-state index in [1.807, 2.05) is 6.07 Å². The van der Waals surface area contributed by atoms with Crippen molar-refractivity contribution in [3.05, 3.63) is 237 Å². The number of benzene rings is 11. The van der Waals surface area contributed by atoms with Gasteiger partial charge in [0.05, 0.1) is 22.4 Å². The molecule has 0 unspecified atom stereocenters. The van der Waals surface area contributed by atoms with Crippen molar-refractivity contribution in [1.29, 1.82) is 0 Å². The average molecular weight is 826 g/mol. The van der Waals surface area contributed by atoms with Gasteiger partial charge in [-0.25, -0.2) is 9.97 Å². The van der Waals surface area contributed by atoms with Gasteiger partial charge in [-0.05, 0) is 90.1 Å². The van der Waals surface area contributed by atoms with Crippen LogP contribution >= 0.6 is 0 Å². The Morgan fingerprint density at radius 1 is 0.292 bits per heavy atom. The van der Waals surface area contributed by atoms with Gasteiger partial charge in [0, 0.05) is 38.7 Å². The van der Waals surface area contributed by atoms with Gasteiger partial charge in [-0.2, -0.15) is 0 Å². The zero-order valence-electron chi connectivity index (χ0n) is 35.4. The van der Waals surface area contributed by atoms with Crippen molar-refractivity contribution >= 4 is 64.9 Å². The molecule has 0 fully saturated rings. The standard InChI is InChI=1S/C62H39N3/c1-3-19-41(20-4-1)62-63-57(49-29-14-13-28-48(49)54-31-17-32-55-51-30-15-16-33-59(51)65(61(54)55)43-22-5-2-6-23-43)39-58(64-62)50-36-37-52(47-27-12-11-26-46(47)50)60-45-25-10-8-21-42(45)38-56-44-24-9-7-18-40(44)34-35-53(56)60/h1-39H. The molecular weight excluding hydrogens is 787 g/mol. The van der Waals surface area contributed by atoms with E-state index >= 15 is 0 Å². The van der Waals surface area contributed by atoms with Crippen LogP contribution in [0.5, 0.6) is 0 Å². The van der Waals surface area contributed by atoms with Crippen LogP contribution in [0.15, 0.2) is 237 Å². The predicted octanol–water partition coefficient (Wildman–Crippen LogP) is 16.5. The Morgan fingerprint density at radius 3 is 1.66 bits per heavy atom. The first kappa shape index (κ1) is 36.9. The molecule has 0 radical (unpaired) electrons. The molecule has 13 rings (SSSR count). The number of rotatable bonds is 6. The van der Waals surface area contributed by atoms with Gasteiger partial charge < -0.3 is 4.57 Å². The molecule has 0 aliphatic carbocycles. The predicted molar refractivity (Wildman–Crippen MR) is 274 cm³/mol. The highest BCUT2D eigenvalue weighted by Crippen LogP contribution is 2.45. The lowest BCUT2D eigenvalue weighted by molar-refractivity contribution is 1.18. The largest absolute Gasteiger partial charge is 0.309 e. The van der Waals surface area contributed by atoms with Gasteiger partial charge in [-0.15, -0.1) is 0 Å². The monoisotopic (exact) mass is 825 g/mol. The van der Waals surface area contributed by atoms with Crippen molar-refractivity contribution in [2.45, 2.75) is 0 Å². The summed E-state index contributed by atoms with van der Waals surface area (Å²) in [5.41, 5.74) is 13.0. The summed E-state index contributed by atoms with van der Waals surface area (Å²) in [6.07, 6.45) is 0. The summed E-state index contributed by atoms with van der Waals surface area (Å²) in [6, 6.07) is 85.2. The third-order valence-electron chi connectivity index (χ3n) is 13.2. The Balaban J connectivity index is 1.05. The normalized spacial score (nSPS) is 11.7. The van der Waals surface area contributed by atoms with Gasteiger partial charge in [0.25, 0.3) is 0 Å². The summed E-state index contributed by atoms with van der Waals surface area (Å²) in [6.45, 7) is 0. The molecule has 0 bridgehead atoms. The van der Waals surface area contributed by atoms with Crippen molar-refractivity contribution in [2.24, 2.45) is 0 Å². The number of fused-ring (bicyclic) bond motifs is 8. The molecule has 0 atom stereocenters. The molecule has 0 aliphatic heterocycles. The highest BCUT2D eigenvalue weighted by atomic mass is 15.0. The lowest BCUT2D eigenvalue weighted by Gasteiger charge is -2.18. The van der Waals surface area contributed by atoms with E-state index in [1.54, 1.807) is 0 Å². The van der Waals surface area contributed by atoms with Crippen molar-refractivity contribution in [3.63, 3.8) is 0 Å². The lowest BCUT2D eigenvalue weighted by Crippen LogP contribution is -1.99. The molecule has 2 heterocycles. The Bertz CT molecular complexity index is 4000. The molecule has 2 aromatic heterocycles. The number of para-hydroxylation sites is 3. The van der Waals surface area contributed by atoms with Crippen molar-refractivity contribution in [2.75, 3.05) is 0 Å². The van der Waals surface area contributed by atoms with E-state index in [9.17, 15) is 0 Å². The summed E-state index contributed by atoms with van der Waals surface area (Å²) in [5.74, 6) is 0.685. The van der Waals surface area contributed by atoms with Gasteiger partial charge in [0.2, 0.25) is 0 Å². The first-order valence-corrected chi connectivity index (χ1v) is 22.2. The first-order chi connectivity index (χ1) is 32.3. The highest BCUT2D eigenvalue weighted by Gasteiger charge is 2.22. The molecule has 0 spiro atoms. The zero-order chi connectivity index (χ0) is 42.8. The van der Waals surface area contributed by atoms with Crippen LogP contribution in [0.25, 0.3) is 127 Å². The molecule has 3 heteroatoms. The first-order valence-electron chi connectivity index (χ1n) is 22.2. The van der Waals surface area contributed by atoms with Gasteiger partial charge >= 0.3 is 0 Å². The minimum absolute atomic E-state index is 0.685. The maximum absolute atomic E-state index is 5.41. The maximum atomic E-state index is 5.41. The Labute approximate surface area is 376 Å². The van der Waals surface area contributed by atoms with Crippen LogP contribution in [-0.2, 0) is 0 Å². The number of aromatic nitrogens is 3. The van der Waals surface area contributed by atoms with Gasteiger partial charge in [-0.1, -0.05) is 206 Å². The number of hydrogen-bond donors (Lipinski definition) is 0. The van der Waals surface area contributed by atoms with Crippen LogP contribution < -0.4 is 0 Å². The molecule has 13 aromatic rings. The third kappa shape index (κ3) is 5.97. The smallest absolute Gasteiger partial charge is 0.160 e. The number of nitrogens with zero attached hydrogens (tertiary/aromatic N) is 3. The maximum Gasteiger partial charge on any atom is 0.160 e. The minimum atomic E-state index is 0.685. The van der Waals surface area contributed by atoms with E-state index in [0.717, 1.165) is 50.3 Å². The van der Waals surface area contributed by atoms with Crippen LogP contribution in [0.1, 0.15) is 0 Å². The second kappa shape index (κ2) is 15.0. The summed E-state index contributed by atoms with van der Waals surface area (Å²) in [4.78, 5) is 10.8. The third-order valence-corrected chi connectivity index (χ3v) is 13.2. The summed E-state index contributed by atoms with van der Waals surface area (Å²) in [5, 5.41) is 12.2. The minimum Gasteiger partial charge on any atom is -0.309 e. The fourth-order valence-corrected chi connectivity index (χ4v) is 10.3. The van der Waals surface area contributed by atoms with E-state index < -0.39 is 0 Å². The highest BCUT2D eigenvalue weighted by molar-refractivity contribution is 6.23. The average Bonchev–Trinajstić information content (AvgIpc) is 3.73. The quantitative estimate of drug-likeness (QED) is 0.123. The lowest BCUT2D eigenvalue weighted by atomic mass is 9.86. The van der Waals surface area contributed by atoms with E-state index in [2.05, 4.69) is 235 Å². The Morgan fingerprint density at radius 2 is 0.862 bits per heavy atom. The van der Waals surface area contributed by atoms with Crippen molar-refractivity contribution in [3.8, 4) is 61.8 Å². The summed E-state index contributed by atoms with van der Waals surface area (Å²) >= 11 is 0. The molecule has 65 heavy (non-hydrogen) atoms. The van der Waals surface area contributed by atoms with Crippen molar-refractivity contribution in [1.82, 2.24) is 14.5 Å². The second-order valence-electron chi connectivity index (χ2n) is 16.8. The molecule has 302 valence electrons. The SMILES string of the molecule is c1ccc(-c2nc(-c3ccccc3-c3cccc4c5ccccc5n(-c5ccccc5)c34)cc(-c3ccc(-c4c5ccccc5cc5c4ccc4ccccc45)c4ccccc34)n2)cc1. The van der Waals surface area contributed by atoms with E-state index in [1.165, 1.54) is 70.6 Å². The molecule has 0 aliphatic rings. The van der Waals surface area contributed by atoms with Crippen LogP contribution in [0, 0.1) is 0 Å². The molecule has 0 N–H and O–H groups in total. The molecule has 11 aromatic carbocycles. The fourth-order valence-electron chi connectivity index (χ4n) is 10.3. The Hall–Kier alpha value is -8.66. The zero-order valence-corrected chi connectivity index (χ0v) is 35.4. The summed E-state index contributed by atoms with van der Waals surface area (Å²) < 4.78 is 2.41. The summed E-state index contributed by atoms with van der Waals surface area (Å²) in [7, 11) is 0. The van der Waals surface area contributed by atoms with Gasteiger partial charge in [-0.3, -0.25) is 0 Å². The second-order valence-corrected chi connectivity index (χ2v) is 16.8. The van der Waals surface area contributed by atoms with Crippen molar-refractivity contribution < 1.29 is 0 Å². The van der Waals surface area contributed by atoms with E-state index in [0.29, 0.717) is 5.82 Å². The van der Waals surface area contributed by atoms with E-state index in [-0.39, 0.29) is 0 Å². The Kier molecular flexibility index (Phi) is 8.53. The molecule has 3 nitrogen and oxygen atoms in total. The van der Waals surface area contributed by atoms with Crippen LogP contribution in [0.3, 0.4) is 0 Å². The van der Waals surface area contributed by atoms with Crippen LogP contribution in [-0.4, -0.2) is 14.5 Å². The fraction of sp³-hybridized carbons (Fsp3) is 0.